The van der Waals surface area contributed by atoms with E-state index < -0.39 is 5.97 Å². The van der Waals surface area contributed by atoms with Crippen LogP contribution in [0.25, 0.3) is 11.0 Å². The number of carboxylic acid groups (broad SMARTS) is 1. The summed E-state index contributed by atoms with van der Waals surface area (Å²) in [6.07, 6.45) is 1.56. The molecule has 6 nitrogen and oxygen atoms in total. The third-order valence-corrected chi connectivity index (χ3v) is 5.69. The molecule has 1 aromatic carbocycles. The first-order chi connectivity index (χ1) is 12.8. The minimum Gasteiger partial charge on any atom is -0.480 e. The predicted octanol–water partition coefficient (Wildman–Crippen LogP) is 3.37. The van der Waals surface area contributed by atoms with Crippen molar-refractivity contribution >= 4 is 22.8 Å². The maximum absolute atomic E-state index is 13.1. The van der Waals surface area contributed by atoms with Crippen LogP contribution in [0.1, 0.15) is 47.0 Å². The number of aliphatic carboxylic acids is 1. The SMILES string of the molecule is CCN(CC(=O)O)C1CCN(C(=O)c2oc3c(C)ccc(C)c3c2C)CC1. The Morgan fingerprint density at radius 3 is 2.37 bits per heavy atom. The molecule has 27 heavy (non-hydrogen) atoms. The Balaban J connectivity index is 1.76. The molecule has 6 heteroatoms. The van der Waals surface area contributed by atoms with Crippen molar-refractivity contribution in [3.8, 4) is 0 Å². The third-order valence-electron chi connectivity index (χ3n) is 5.69. The van der Waals surface area contributed by atoms with E-state index >= 15 is 0 Å². The van der Waals surface area contributed by atoms with Gasteiger partial charge < -0.3 is 14.4 Å². The molecule has 0 bridgehead atoms. The molecule has 0 atom stereocenters. The molecule has 0 saturated carbocycles. The summed E-state index contributed by atoms with van der Waals surface area (Å²) in [5.41, 5.74) is 3.84. The van der Waals surface area contributed by atoms with Crippen LogP contribution in [0.15, 0.2) is 16.5 Å². The number of likely N-dealkylation sites (tertiary alicyclic amines) is 1. The molecular formula is C21H28N2O4. The second-order valence-corrected chi connectivity index (χ2v) is 7.44. The quantitative estimate of drug-likeness (QED) is 0.871. The van der Waals surface area contributed by atoms with Gasteiger partial charge in [0.1, 0.15) is 5.58 Å². The van der Waals surface area contributed by atoms with E-state index in [4.69, 9.17) is 9.52 Å². The number of carbonyl (C=O) groups is 2. The molecule has 2 aromatic rings. The minimum absolute atomic E-state index is 0.0519. The monoisotopic (exact) mass is 372 g/mol. The zero-order valence-electron chi connectivity index (χ0n) is 16.5. The van der Waals surface area contributed by atoms with Crippen molar-refractivity contribution in [3.63, 3.8) is 0 Å². The first-order valence-electron chi connectivity index (χ1n) is 9.57. The number of furan rings is 1. The van der Waals surface area contributed by atoms with Crippen molar-refractivity contribution in [2.45, 2.75) is 46.6 Å². The molecule has 3 rings (SSSR count). The number of likely N-dealkylation sites (N-methyl/N-ethyl adjacent to an activating group) is 1. The largest absolute Gasteiger partial charge is 0.480 e. The van der Waals surface area contributed by atoms with E-state index in [0.717, 1.165) is 40.5 Å². The maximum atomic E-state index is 13.1. The Hall–Kier alpha value is -2.34. The molecule has 0 aliphatic carbocycles. The number of fused-ring (bicyclic) bond motifs is 1. The van der Waals surface area contributed by atoms with Gasteiger partial charge in [-0.05, 0) is 51.3 Å². The van der Waals surface area contributed by atoms with Crippen molar-refractivity contribution in [3.05, 3.63) is 34.6 Å². The van der Waals surface area contributed by atoms with Crippen LogP contribution in [-0.2, 0) is 4.79 Å². The smallest absolute Gasteiger partial charge is 0.317 e. The van der Waals surface area contributed by atoms with Crippen LogP contribution in [0.4, 0.5) is 0 Å². The average Bonchev–Trinajstić information content (AvgIpc) is 3.01. The van der Waals surface area contributed by atoms with E-state index in [1.165, 1.54) is 0 Å². The summed E-state index contributed by atoms with van der Waals surface area (Å²) in [7, 11) is 0. The van der Waals surface area contributed by atoms with Crippen LogP contribution in [0.3, 0.4) is 0 Å². The van der Waals surface area contributed by atoms with Crippen molar-refractivity contribution in [1.82, 2.24) is 9.80 Å². The van der Waals surface area contributed by atoms with Crippen molar-refractivity contribution < 1.29 is 19.1 Å². The number of hydrogen-bond donors (Lipinski definition) is 1. The topological polar surface area (TPSA) is 74.0 Å². The average molecular weight is 372 g/mol. The molecular weight excluding hydrogens is 344 g/mol. The Kier molecular flexibility index (Phi) is 5.56. The van der Waals surface area contributed by atoms with Crippen LogP contribution in [0.5, 0.6) is 0 Å². The van der Waals surface area contributed by atoms with Gasteiger partial charge in [-0.15, -0.1) is 0 Å². The van der Waals surface area contributed by atoms with E-state index in [-0.39, 0.29) is 18.5 Å². The van der Waals surface area contributed by atoms with Gasteiger partial charge in [0.05, 0.1) is 6.54 Å². The lowest BCUT2D eigenvalue weighted by molar-refractivity contribution is -0.139. The van der Waals surface area contributed by atoms with Gasteiger partial charge in [-0.25, -0.2) is 0 Å². The zero-order valence-corrected chi connectivity index (χ0v) is 16.5. The number of nitrogens with zero attached hydrogens (tertiary/aromatic N) is 2. The summed E-state index contributed by atoms with van der Waals surface area (Å²) in [5, 5.41) is 10.1. The summed E-state index contributed by atoms with van der Waals surface area (Å²) < 4.78 is 5.99. The lowest BCUT2D eigenvalue weighted by Gasteiger charge is -2.37. The second-order valence-electron chi connectivity index (χ2n) is 7.44. The van der Waals surface area contributed by atoms with Crippen molar-refractivity contribution in [2.24, 2.45) is 0 Å². The van der Waals surface area contributed by atoms with E-state index in [0.29, 0.717) is 25.4 Å². The van der Waals surface area contributed by atoms with Gasteiger partial charge in [0.2, 0.25) is 0 Å². The molecule has 0 spiro atoms. The van der Waals surface area contributed by atoms with Crippen molar-refractivity contribution in [2.75, 3.05) is 26.2 Å². The highest BCUT2D eigenvalue weighted by Gasteiger charge is 2.30. The van der Waals surface area contributed by atoms with E-state index in [2.05, 4.69) is 6.07 Å². The third kappa shape index (κ3) is 3.72. The lowest BCUT2D eigenvalue weighted by Crippen LogP contribution is -2.48. The molecule has 1 aliphatic heterocycles. The van der Waals surface area contributed by atoms with Gasteiger partial charge in [-0.3, -0.25) is 14.5 Å². The van der Waals surface area contributed by atoms with Gasteiger partial charge >= 0.3 is 5.97 Å². The number of aryl methyl sites for hydroxylation is 3. The number of benzene rings is 1. The fraction of sp³-hybridized carbons (Fsp3) is 0.524. The number of piperidine rings is 1. The molecule has 1 saturated heterocycles. The van der Waals surface area contributed by atoms with E-state index in [1.54, 1.807) is 0 Å². The Bertz CT molecular complexity index is 863. The summed E-state index contributed by atoms with van der Waals surface area (Å²) >= 11 is 0. The lowest BCUT2D eigenvalue weighted by atomic mass is 10.0. The number of carboxylic acids is 1. The molecule has 0 unspecified atom stereocenters. The summed E-state index contributed by atoms with van der Waals surface area (Å²) in [6.45, 7) is 9.94. The Labute approximate surface area is 159 Å². The molecule has 2 heterocycles. The van der Waals surface area contributed by atoms with Gasteiger partial charge in [0.15, 0.2) is 5.76 Å². The standard InChI is InChI=1S/C21H28N2O4/c1-5-22(12-17(24)25)16-8-10-23(11-9-16)21(26)20-15(4)18-13(2)6-7-14(3)19(18)27-20/h6-7,16H,5,8-12H2,1-4H3,(H,24,25). The highest BCUT2D eigenvalue weighted by atomic mass is 16.4. The first-order valence-corrected chi connectivity index (χ1v) is 9.57. The normalized spacial score (nSPS) is 15.7. The molecule has 0 radical (unpaired) electrons. The van der Waals surface area contributed by atoms with Gasteiger partial charge in [0.25, 0.3) is 5.91 Å². The number of amides is 1. The van der Waals surface area contributed by atoms with Crippen LogP contribution in [-0.4, -0.2) is 59.0 Å². The van der Waals surface area contributed by atoms with E-state index in [1.807, 2.05) is 43.6 Å². The molecule has 1 aliphatic rings. The van der Waals surface area contributed by atoms with Crippen LogP contribution >= 0.6 is 0 Å². The molecule has 1 fully saturated rings. The molecule has 146 valence electrons. The highest BCUT2D eigenvalue weighted by Crippen LogP contribution is 2.32. The summed E-state index contributed by atoms with van der Waals surface area (Å²) in [6, 6.07) is 4.28. The number of hydrogen-bond acceptors (Lipinski definition) is 4. The molecule has 1 N–H and O–H groups in total. The van der Waals surface area contributed by atoms with Gasteiger partial charge in [-0.1, -0.05) is 19.1 Å². The Morgan fingerprint density at radius 1 is 1.19 bits per heavy atom. The Morgan fingerprint density at radius 2 is 1.81 bits per heavy atom. The first kappa shape index (κ1) is 19.4. The fourth-order valence-electron chi connectivity index (χ4n) is 4.13. The fourth-order valence-corrected chi connectivity index (χ4v) is 4.13. The highest BCUT2D eigenvalue weighted by molar-refractivity contribution is 6.00. The zero-order chi connectivity index (χ0) is 19.7. The number of rotatable bonds is 5. The minimum atomic E-state index is -0.806. The van der Waals surface area contributed by atoms with Crippen LogP contribution in [0.2, 0.25) is 0 Å². The number of carbonyl (C=O) groups excluding carboxylic acids is 1. The van der Waals surface area contributed by atoms with Crippen LogP contribution < -0.4 is 0 Å². The molecule has 1 amide bonds. The van der Waals surface area contributed by atoms with E-state index in [9.17, 15) is 9.59 Å². The van der Waals surface area contributed by atoms with Gasteiger partial charge in [0, 0.05) is 30.1 Å². The second kappa shape index (κ2) is 7.72. The van der Waals surface area contributed by atoms with Crippen molar-refractivity contribution in [1.29, 1.82) is 0 Å². The summed E-state index contributed by atoms with van der Waals surface area (Å²) in [5.74, 6) is -0.444. The van der Waals surface area contributed by atoms with Crippen LogP contribution in [0, 0.1) is 20.8 Å². The summed E-state index contributed by atoms with van der Waals surface area (Å²) in [4.78, 5) is 27.9. The maximum Gasteiger partial charge on any atom is 0.317 e. The molecule has 1 aromatic heterocycles. The predicted molar refractivity (Wildman–Crippen MR) is 104 cm³/mol. The van der Waals surface area contributed by atoms with Gasteiger partial charge in [-0.2, -0.15) is 0 Å².